The molecule has 4 aromatic rings. The predicted molar refractivity (Wildman–Crippen MR) is 102 cm³/mol. The molecule has 0 aromatic carbocycles. The number of hydrogen-bond acceptors (Lipinski definition) is 5. The molecule has 0 saturated heterocycles. The minimum atomic E-state index is 0.496. The summed E-state index contributed by atoms with van der Waals surface area (Å²) < 4.78 is 3.80. The number of rotatable bonds is 4. The van der Waals surface area contributed by atoms with E-state index in [1.54, 1.807) is 10.6 Å². The van der Waals surface area contributed by atoms with Crippen molar-refractivity contribution in [1.29, 1.82) is 5.26 Å². The fourth-order valence-electron chi connectivity index (χ4n) is 3.07. The summed E-state index contributed by atoms with van der Waals surface area (Å²) in [6, 6.07) is 12.0. The van der Waals surface area contributed by atoms with Crippen LogP contribution in [0.25, 0.3) is 22.9 Å². The molecule has 0 aliphatic carbocycles. The summed E-state index contributed by atoms with van der Waals surface area (Å²) in [5.41, 5.74) is 4.83. The van der Waals surface area contributed by atoms with Crippen molar-refractivity contribution < 1.29 is 0 Å². The SMILES string of the molecule is Cc1cccc(-c2nc(CN(C)C)cn2-c2ccc3ncc(C#N)n3c2)n1. The van der Waals surface area contributed by atoms with E-state index in [2.05, 4.69) is 20.9 Å². The zero-order valence-corrected chi connectivity index (χ0v) is 15.5. The minimum absolute atomic E-state index is 0.496. The molecule has 0 bridgehead atoms. The number of nitrogens with zero attached hydrogens (tertiary/aromatic N) is 7. The van der Waals surface area contributed by atoms with Crippen LogP contribution in [0.3, 0.4) is 0 Å². The van der Waals surface area contributed by atoms with Crippen LogP contribution in [-0.2, 0) is 6.54 Å². The van der Waals surface area contributed by atoms with Crippen molar-refractivity contribution in [2.24, 2.45) is 0 Å². The lowest BCUT2D eigenvalue weighted by atomic mass is 10.3. The second kappa shape index (κ2) is 6.67. The molecule has 0 aliphatic heterocycles. The summed E-state index contributed by atoms with van der Waals surface area (Å²) in [5.74, 6) is 0.772. The zero-order chi connectivity index (χ0) is 19.0. The van der Waals surface area contributed by atoms with Crippen molar-refractivity contribution >= 4 is 5.65 Å². The van der Waals surface area contributed by atoms with Crippen molar-refractivity contribution in [2.75, 3.05) is 14.1 Å². The van der Waals surface area contributed by atoms with Gasteiger partial charge in [-0.2, -0.15) is 5.26 Å². The van der Waals surface area contributed by atoms with E-state index in [0.29, 0.717) is 5.69 Å². The molecule has 0 aliphatic rings. The molecule has 0 unspecified atom stereocenters. The molecule has 0 atom stereocenters. The Balaban J connectivity index is 1.91. The Morgan fingerprint density at radius 1 is 1.11 bits per heavy atom. The average molecular weight is 357 g/mol. The van der Waals surface area contributed by atoms with Crippen molar-refractivity contribution in [2.45, 2.75) is 13.5 Å². The van der Waals surface area contributed by atoms with E-state index >= 15 is 0 Å². The van der Waals surface area contributed by atoms with Gasteiger partial charge in [0, 0.05) is 24.6 Å². The van der Waals surface area contributed by atoms with Crippen LogP contribution in [0.1, 0.15) is 17.1 Å². The molecule has 134 valence electrons. The number of aromatic nitrogens is 5. The highest BCUT2D eigenvalue weighted by molar-refractivity contribution is 5.57. The fourth-order valence-corrected chi connectivity index (χ4v) is 3.07. The van der Waals surface area contributed by atoms with Crippen molar-refractivity contribution in [1.82, 2.24) is 28.8 Å². The van der Waals surface area contributed by atoms with Gasteiger partial charge in [-0.25, -0.2) is 15.0 Å². The molecular formula is C20H19N7. The highest BCUT2D eigenvalue weighted by atomic mass is 15.1. The lowest BCUT2D eigenvalue weighted by Gasteiger charge is -2.09. The topological polar surface area (TPSA) is 75.0 Å². The van der Waals surface area contributed by atoms with E-state index in [9.17, 15) is 5.26 Å². The Morgan fingerprint density at radius 3 is 2.70 bits per heavy atom. The van der Waals surface area contributed by atoms with Crippen LogP contribution < -0.4 is 0 Å². The van der Waals surface area contributed by atoms with Gasteiger partial charge in [0.25, 0.3) is 0 Å². The highest BCUT2D eigenvalue weighted by Gasteiger charge is 2.15. The van der Waals surface area contributed by atoms with Crippen LogP contribution >= 0.6 is 0 Å². The maximum atomic E-state index is 9.31. The van der Waals surface area contributed by atoms with Gasteiger partial charge in [-0.05, 0) is 45.3 Å². The van der Waals surface area contributed by atoms with Gasteiger partial charge in [0.1, 0.15) is 23.1 Å². The molecule has 0 N–H and O–H groups in total. The van der Waals surface area contributed by atoms with Crippen LogP contribution in [0, 0.1) is 18.3 Å². The highest BCUT2D eigenvalue weighted by Crippen LogP contribution is 2.23. The Bertz CT molecular complexity index is 1160. The number of fused-ring (bicyclic) bond motifs is 1. The van der Waals surface area contributed by atoms with Gasteiger partial charge in [-0.1, -0.05) is 6.07 Å². The number of nitriles is 1. The lowest BCUT2D eigenvalue weighted by molar-refractivity contribution is 0.397. The van der Waals surface area contributed by atoms with E-state index in [-0.39, 0.29) is 0 Å². The van der Waals surface area contributed by atoms with Gasteiger partial charge < -0.3 is 4.90 Å². The molecule has 0 radical (unpaired) electrons. The zero-order valence-electron chi connectivity index (χ0n) is 15.5. The number of aryl methyl sites for hydroxylation is 1. The van der Waals surface area contributed by atoms with Gasteiger partial charge in [-0.15, -0.1) is 0 Å². The van der Waals surface area contributed by atoms with Crippen LogP contribution in [0.5, 0.6) is 0 Å². The third-order valence-corrected chi connectivity index (χ3v) is 4.23. The first kappa shape index (κ1) is 16.9. The van der Waals surface area contributed by atoms with Gasteiger partial charge in [0.15, 0.2) is 5.82 Å². The number of pyridine rings is 2. The summed E-state index contributed by atoms with van der Waals surface area (Å²) in [7, 11) is 4.03. The van der Waals surface area contributed by atoms with Gasteiger partial charge >= 0.3 is 0 Å². The summed E-state index contributed by atoms with van der Waals surface area (Å²) in [5, 5.41) is 9.31. The third-order valence-electron chi connectivity index (χ3n) is 4.23. The van der Waals surface area contributed by atoms with E-state index < -0.39 is 0 Å². The first-order valence-corrected chi connectivity index (χ1v) is 8.60. The van der Waals surface area contributed by atoms with Gasteiger partial charge in [0.2, 0.25) is 0 Å². The van der Waals surface area contributed by atoms with Crippen molar-refractivity contribution in [3.8, 4) is 23.3 Å². The molecule has 0 saturated carbocycles. The van der Waals surface area contributed by atoms with Crippen LogP contribution in [0.2, 0.25) is 0 Å². The lowest BCUT2D eigenvalue weighted by Crippen LogP contribution is -2.10. The van der Waals surface area contributed by atoms with Crippen LogP contribution in [0.15, 0.2) is 48.9 Å². The van der Waals surface area contributed by atoms with Crippen molar-refractivity contribution in [3.63, 3.8) is 0 Å². The maximum absolute atomic E-state index is 9.31. The smallest absolute Gasteiger partial charge is 0.163 e. The largest absolute Gasteiger partial charge is 0.304 e. The van der Waals surface area contributed by atoms with Crippen LogP contribution in [-0.4, -0.2) is 42.9 Å². The van der Waals surface area contributed by atoms with E-state index in [4.69, 9.17) is 4.98 Å². The summed E-state index contributed by atoms with van der Waals surface area (Å²) in [6.07, 6.45) is 5.50. The average Bonchev–Trinajstić information content (AvgIpc) is 3.24. The molecule has 7 heteroatoms. The summed E-state index contributed by atoms with van der Waals surface area (Å²) >= 11 is 0. The molecule has 0 amide bonds. The second-order valence-electron chi connectivity index (χ2n) is 6.70. The second-order valence-corrected chi connectivity index (χ2v) is 6.70. The maximum Gasteiger partial charge on any atom is 0.163 e. The summed E-state index contributed by atoms with van der Waals surface area (Å²) in [4.78, 5) is 15.8. The standard InChI is InChI=1S/C20H19N7/c1-14-5-4-6-18(23-14)20-24-15(11-25(2)3)12-27(20)16-7-8-19-22-10-17(9-21)26(19)13-16/h4-8,10,12-13H,11H2,1-3H3. The Kier molecular flexibility index (Phi) is 4.18. The monoisotopic (exact) mass is 357 g/mol. The predicted octanol–water partition coefficient (Wildman–Crippen LogP) is 2.82. The number of hydrogen-bond donors (Lipinski definition) is 0. The van der Waals surface area contributed by atoms with Crippen molar-refractivity contribution in [3.05, 3.63) is 66.0 Å². The third kappa shape index (κ3) is 3.18. The molecule has 4 heterocycles. The van der Waals surface area contributed by atoms with E-state index in [0.717, 1.165) is 40.8 Å². The Hall–Kier alpha value is -3.50. The molecule has 4 aromatic heterocycles. The molecule has 4 rings (SSSR count). The first-order valence-electron chi connectivity index (χ1n) is 8.60. The summed E-state index contributed by atoms with van der Waals surface area (Å²) in [6.45, 7) is 2.69. The van der Waals surface area contributed by atoms with Crippen LogP contribution in [0.4, 0.5) is 0 Å². The fraction of sp³-hybridized carbons (Fsp3) is 0.200. The number of imidazole rings is 2. The minimum Gasteiger partial charge on any atom is -0.304 e. The quantitative estimate of drug-likeness (QED) is 0.561. The van der Waals surface area contributed by atoms with Gasteiger partial charge in [-0.3, -0.25) is 8.97 Å². The Morgan fingerprint density at radius 2 is 1.96 bits per heavy atom. The van der Waals surface area contributed by atoms with E-state index in [1.165, 1.54) is 0 Å². The van der Waals surface area contributed by atoms with Gasteiger partial charge in [0.05, 0.1) is 17.6 Å². The first-order chi connectivity index (χ1) is 13.0. The Labute approximate surface area is 157 Å². The molecule has 0 fully saturated rings. The molecular weight excluding hydrogens is 338 g/mol. The van der Waals surface area contributed by atoms with E-state index in [1.807, 2.05) is 68.3 Å². The normalized spacial score (nSPS) is 11.2. The molecule has 0 spiro atoms. The molecule has 7 nitrogen and oxygen atoms in total. The molecule has 27 heavy (non-hydrogen) atoms.